The number of amides is 2. The molecule has 0 aliphatic carbocycles. The highest BCUT2D eigenvalue weighted by Crippen LogP contribution is 2.29. The summed E-state index contributed by atoms with van der Waals surface area (Å²) in [6.45, 7) is -0.169. The first-order chi connectivity index (χ1) is 9.93. The molecule has 114 valence electrons. The standard InChI is InChI=1S/C11H14N4O6/c1-12-10(19)13-4-5-7(17)8(18)9(21-5)15-3-2-6(16)14-11(15)20/h2-3,8-9,17-18H,4H2,1H3,(H2,12,13,19)(H,14,16,20)/t8?,9-/m1/s1. The highest BCUT2D eigenvalue weighted by molar-refractivity contribution is 5.73. The van der Waals surface area contributed by atoms with Gasteiger partial charge in [0.25, 0.3) is 5.56 Å². The fourth-order valence-corrected chi connectivity index (χ4v) is 1.79. The van der Waals surface area contributed by atoms with Gasteiger partial charge in [0.05, 0.1) is 6.54 Å². The summed E-state index contributed by atoms with van der Waals surface area (Å²) >= 11 is 0. The first-order valence-electron chi connectivity index (χ1n) is 5.98. The second-order valence-electron chi connectivity index (χ2n) is 4.21. The molecule has 0 bridgehead atoms. The van der Waals surface area contributed by atoms with Gasteiger partial charge in [0.15, 0.2) is 17.6 Å². The van der Waals surface area contributed by atoms with E-state index in [2.05, 4.69) is 10.6 Å². The van der Waals surface area contributed by atoms with Gasteiger partial charge < -0.3 is 25.6 Å². The Labute approximate surface area is 117 Å². The van der Waals surface area contributed by atoms with Crippen molar-refractivity contribution >= 4 is 6.03 Å². The van der Waals surface area contributed by atoms with Crippen molar-refractivity contribution in [3.8, 4) is 0 Å². The van der Waals surface area contributed by atoms with Crippen molar-refractivity contribution < 1.29 is 19.7 Å². The van der Waals surface area contributed by atoms with Crippen LogP contribution in [0.2, 0.25) is 0 Å². The van der Waals surface area contributed by atoms with Crippen molar-refractivity contribution in [2.75, 3.05) is 13.6 Å². The maximum atomic E-state index is 11.6. The summed E-state index contributed by atoms with van der Waals surface area (Å²) in [6.07, 6.45) is -1.58. The molecular formula is C11H14N4O6. The van der Waals surface area contributed by atoms with Gasteiger partial charge >= 0.3 is 11.7 Å². The number of urea groups is 1. The molecular weight excluding hydrogens is 284 g/mol. The van der Waals surface area contributed by atoms with E-state index in [1.165, 1.54) is 7.05 Å². The smallest absolute Gasteiger partial charge is 0.331 e. The van der Waals surface area contributed by atoms with E-state index in [9.17, 15) is 24.6 Å². The van der Waals surface area contributed by atoms with Crippen molar-refractivity contribution in [2.24, 2.45) is 0 Å². The van der Waals surface area contributed by atoms with Gasteiger partial charge in [-0.15, -0.1) is 0 Å². The van der Waals surface area contributed by atoms with Crippen LogP contribution in [0.3, 0.4) is 0 Å². The van der Waals surface area contributed by atoms with E-state index in [-0.39, 0.29) is 12.3 Å². The lowest BCUT2D eigenvalue weighted by molar-refractivity contribution is -0.0121. The lowest BCUT2D eigenvalue weighted by Gasteiger charge is -2.17. The van der Waals surface area contributed by atoms with Crippen LogP contribution in [0.25, 0.3) is 0 Å². The Morgan fingerprint density at radius 2 is 2.24 bits per heavy atom. The number of carbonyl (C=O) groups excluding carboxylic acids is 1. The quantitative estimate of drug-likeness (QED) is 0.441. The monoisotopic (exact) mass is 298 g/mol. The van der Waals surface area contributed by atoms with Gasteiger partial charge in [-0.1, -0.05) is 0 Å². The summed E-state index contributed by atoms with van der Waals surface area (Å²) < 4.78 is 6.19. The zero-order valence-corrected chi connectivity index (χ0v) is 11.0. The largest absolute Gasteiger partial charge is 0.506 e. The summed E-state index contributed by atoms with van der Waals surface area (Å²) in [5.41, 5.74) is -1.39. The Morgan fingerprint density at radius 1 is 1.52 bits per heavy atom. The highest BCUT2D eigenvalue weighted by atomic mass is 16.5. The van der Waals surface area contributed by atoms with Gasteiger partial charge in [-0.3, -0.25) is 14.3 Å². The molecule has 1 aliphatic heterocycles. The highest BCUT2D eigenvalue weighted by Gasteiger charge is 2.37. The SMILES string of the molecule is CNC(=O)NCC1=C(O)C(O)[C@H](n2ccc(=O)[nH]c2=O)O1. The van der Waals surface area contributed by atoms with E-state index < -0.39 is 35.4 Å². The number of aromatic nitrogens is 2. The first-order valence-corrected chi connectivity index (χ1v) is 5.98. The predicted molar refractivity (Wildman–Crippen MR) is 69.6 cm³/mol. The lowest BCUT2D eigenvalue weighted by atomic mass is 10.2. The number of nitrogens with zero attached hydrogens (tertiary/aromatic N) is 1. The van der Waals surface area contributed by atoms with Gasteiger partial charge in [0, 0.05) is 19.3 Å². The summed E-state index contributed by atoms with van der Waals surface area (Å²) in [7, 11) is 1.41. The van der Waals surface area contributed by atoms with Crippen LogP contribution in [0.1, 0.15) is 6.23 Å². The molecule has 10 nitrogen and oxygen atoms in total. The molecule has 0 aromatic carbocycles. The summed E-state index contributed by atoms with van der Waals surface area (Å²) in [5, 5.41) is 24.3. The Bertz CT molecular complexity index is 690. The van der Waals surface area contributed by atoms with Gasteiger partial charge in [0.1, 0.15) is 0 Å². The minimum Gasteiger partial charge on any atom is -0.506 e. The number of H-pyrrole nitrogens is 1. The molecule has 0 spiro atoms. The van der Waals surface area contributed by atoms with Crippen LogP contribution in [0.4, 0.5) is 4.79 Å². The Kier molecular flexibility index (Phi) is 3.98. The molecule has 0 saturated carbocycles. The molecule has 5 N–H and O–H groups in total. The van der Waals surface area contributed by atoms with E-state index >= 15 is 0 Å². The van der Waals surface area contributed by atoms with Gasteiger partial charge in [-0.05, 0) is 0 Å². The van der Waals surface area contributed by atoms with Gasteiger partial charge in [-0.2, -0.15) is 0 Å². The molecule has 0 radical (unpaired) electrons. The maximum absolute atomic E-state index is 11.6. The fraction of sp³-hybridized carbons (Fsp3) is 0.364. The zero-order chi connectivity index (χ0) is 15.6. The number of aliphatic hydroxyl groups is 2. The summed E-state index contributed by atoms with van der Waals surface area (Å²) in [4.78, 5) is 35.7. The van der Waals surface area contributed by atoms with Crippen LogP contribution in [-0.4, -0.2) is 45.5 Å². The summed E-state index contributed by atoms with van der Waals surface area (Å²) in [5.74, 6) is -0.566. The van der Waals surface area contributed by atoms with E-state index in [1.54, 1.807) is 0 Å². The van der Waals surface area contributed by atoms with Crippen LogP contribution in [0.15, 0.2) is 33.4 Å². The maximum Gasteiger partial charge on any atom is 0.331 e. The van der Waals surface area contributed by atoms with Crippen molar-refractivity contribution in [3.63, 3.8) is 0 Å². The fourth-order valence-electron chi connectivity index (χ4n) is 1.79. The molecule has 10 heteroatoms. The molecule has 21 heavy (non-hydrogen) atoms. The van der Waals surface area contributed by atoms with Gasteiger partial charge in [-0.25, -0.2) is 9.59 Å². The van der Waals surface area contributed by atoms with Crippen molar-refractivity contribution in [2.45, 2.75) is 12.3 Å². The topological polar surface area (TPSA) is 146 Å². The second kappa shape index (κ2) is 5.71. The number of rotatable bonds is 3. The number of aromatic amines is 1. The molecule has 0 saturated heterocycles. The lowest BCUT2D eigenvalue weighted by Crippen LogP contribution is -2.36. The summed E-state index contributed by atoms with van der Waals surface area (Å²) in [6, 6.07) is 0.577. The van der Waals surface area contributed by atoms with E-state index in [4.69, 9.17) is 4.74 Å². The molecule has 1 unspecified atom stereocenters. The second-order valence-corrected chi connectivity index (χ2v) is 4.21. The first kappa shape index (κ1) is 14.7. The van der Waals surface area contributed by atoms with E-state index in [1.807, 2.05) is 4.98 Å². The van der Waals surface area contributed by atoms with Crippen molar-refractivity contribution in [1.29, 1.82) is 0 Å². The molecule has 1 aromatic rings. The number of hydrogen-bond acceptors (Lipinski definition) is 6. The average Bonchev–Trinajstić information content (AvgIpc) is 2.73. The van der Waals surface area contributed by atoms with Crippen LogP contribution in [0.5, 0.6) is 0 Å². The Hall–Kier alpha value is -2.75. The van der Waals surface area contributed by atoms with Gasteiger partial charge in [0.2, 0.25) is 6.23 Å². The Morgan fingerprint density at radius 3 is 2.86 bits per heavy atom. The van der Waals surface area contributed by atoms with Crippen LogP contribution >= 0.6 is 0 Å². The number of ether oxygens (including phenoxy) is 1. The van der Waals surface area contributed by atoms with Crippen molar-refractivity contribution in [3.05, 3.63) is 44.6 Å². The number of aliphatic hydroxyl groups excluding tert-OH is 2. The third kappa shape index (κ3) is 2.89. The van der Waals surface area contributed by atoms with Crippen molar-refractivity contribution in [1.82, 2.24) is 20.2 Å². The third-order valence-electron chi connectivity index (χ3n) is 2.86. The Balaban J connectivity index is 2.18. The van der Waals surface area contributed by atoms with E-state index in [0.29, 0.717) is 0 Å². The van der Waals surface area contributed by atoms with Crippen LogP contribution < -0.4 is 21.9 Å². The minimum atomic E-state index is -1.49. The minimum absolute atomic E-state index is 0.0748. The number of nitrogens with one attached hydrogen (secondary N) is 3. The number of carbonyl (C=O) groups is 1. The normalized spacial score (nSPS) is 21.0. The molecule has 2 atom stereocenters. The number of hydrogen-bond donors (Lipinski definition) is 5. The third-order valence-corrected chi connectivity index (χ3v) is 2.86. The molecule has 2 rings (SSSR count). The van der Waals surface area contributed by atoms with E-state index in [0.717, 1.165) is 16.8 Å². The molecule has 1 aromatic heterocycles. The van der Waals surface area contributed by atoms with Crippen LogP contribution in [0, 0.1) is 0 Å². The average molecular weight is 298 g/mol. The molecule has 0 fully saturated rings. The molecule has 1 aliphatic rings. The molecule has 2 amide bonds. The van der Waals surface area contributed by atoms with Crippen LogP contribution in [-0.2, 0) is 4.74 Å². The predicted octanol–water partition coefficient (Wildman–Crippen LogP) is -1.88. The zero-order valence-electron chi connectivity index (χ0n) is 11.0. The molecule has 2 heterocycles.